The number of allylic oxidation sites excluding steroid dienone is 1. The van der Waals surface area contributed by atoms with E-state index in [1.54, 1.807) is 0 Å². The number of rotatable bonds is 80. The van der Waals surface area contributed by atoms with Crippen LogP contribution < -0.4 is 37.2 Å². The Morgan fingerprint density at radius 1 is 0.197 bits per heavy atom. The molecule has 0 saturated carbocycles. The molecule has 0 aromatic rings. The summed E-state index contributed by atoms with van der Waals surface area (Å²) in [6.07, 6.45) is 24.5. The first-order valence-electron chi connectivity index (χ1n) is 44.5. The number of nitrogens with one attached hydrogen (secondary N) is 7. The molecule has 0 aliphatic heterocycles. The van der Waals surface area contributed by atoms with Crippen LogP contribution >= 0.6 is 0 Å². The summed E-state index contributed by atoms with van der Waals surface area (Å²) < 4.78 is 73.8. The summed E-state index contributed by atoms with van der Waals surface area (Å²) in [4.78, 5) is 246. The van der Waals surface area contributed by atoms with Gasteiger partial charge >= 0.3 is 59.7 Å². The molecule has 0 aliphatic carbocycles. The third-order valence-corrected chi connectivity index (χ3v) is 18.0. The van der Waals surface area contributed by atoms with Gasteiger partial charge in [0.1, 0.15) is 77.0 Å². The Labute approximate surface area is 856 Å². The van der Waals surface area contributed by atoms with E-state index in [1.165, 1.54) is 57.2 Å². The van der Waals surface area contributed by atoms with Crippen molar-refractivity contribution in [2.24, 2.45) is 16.2 Å². The van der Waals surface area contributed by atoms with Crippen molar-refractivity contribution in [3.05, 3.63) is 266 Å². The van der Waals surface area contributed by atoms with Crippen LogP contribution in [-0.4, -0.2) is 342 Å². The summed E-state index contributed by atoms with van der Waals surface area (Å²) in [5.41, 5.74) is -5.33. The van der Waals surface area contributed by atoms with Gasteiger partial charge in [-0.15, -0.1) is 0 Å². The molecule has 0 radical (unpaired) electrons. The van der Waals surface area contributed by atoms with Crippen LogP contribution in [0.5, 0.6) is 0 Å². The fourth-order valence-electron chi connectivity index (χ4n) is 10.1. The first-order valence-corrected chi connectivity index (χ1v) is 44.5. The number of ketones is 1. The zero-order valence-electron chi connectivity index (χ0n) is 83.4. The lowest BCUT2D eigenvalue weighted by Gasteiger charge is -2.35. The van der Waals surface area contributed by atoms with Crippen molar-refractivity contribution in [3.8, 4) is 0 Å². The van der Waals surface area contributed by atoms with Crippen LogP contribution in [0, 0.1) is 16.2 Å². The number of hydrogen-bond acceptors (Lipinski definition) is 35. The van der Waals surface area contributed by atoms with Crippen LogP contribution in [-0.2, 0) is 167 Å². The topological polar surface area (TPSA) is 582 Å². The Kier molecular flexibility index (Phi) is 82.5. The van der Waals surface area contributed by atoms with E-state index in [1.807, 2.05) is 0 Å². The van der Waals surface area contributed by atoms with Gasteiger partial charge < -0.3 is 118 Å². The molecule has 0 unspecified atom stereocenters. The molecule has 0 heterocycles. The molecule has 45 nitrogen and oxygen atoms in total. The van der Waals surface area contributed by atoms with Crippen molar-refractivity contribution in [2.45, 2.75) is 37.6 Å². The third-order valence-electron chi connectivity index (χ3n) is 18.0. The molecule has 7 N–H and O–H groups in total. The number of carbonyl (C=O) groups excluding carboxylic acids is 21. The third kappa shape index (κ3) is 73.2. The normalized spacial score (nSPS) is 10.1. The fraction of sp³-hybridized carbons (Fsp3) is 0.382. The van der Waals surface area contributed by atoms with Crippen molar-refractivity contribution >= 4 is 125 Å². The molecule has 0 fully saturated rings. The molecule has 0 spiro atoms. The van der Waals surface area contributed by atoms with Crippen LogP contribution in [0.2, 0.25) is 0 Å². The molecule has 0 atom stereocenters. The fourth-order valence-corrected chi connectivity index (χ4v) is 10.1. The molecule has 0 aliphatic rings. The maximum Gasteiger partial charge on any atom is 0.330 e. The van der Waals surface area contributed by atoms with E-state index in [0.29, 0.717) is 104 Å². The minimum absolute atomic E-state index is 0.0857. The Hall–Kier alpha value is -16.6. The first-order chi connectivity index (χ1) is 70.0. The second kappa shape index (κ2) is 87.3. The number of hydrogen-bond donors (Lipinski definition) is 7. The van der Waals surface area contributed by atoms with Gasteiger partial charge in [-0.2, -0.15) is 0 Å². The predicted octanol–water partition coefficient (Wildman–Crippen LogP) is 2.85. The van der Waals surface area contributed by atoms with Crippen LogP contribution in [0.3, 0.4) is 0 Å². The minimum atomic E-state index is -1.49. The Bertz CT molecular complexity index is 4090. The van der Waals surface area contributed by atoms with E-state index in [0.717, 1.165) is 85.1 Å². The van der Waals surface area contributed by atoms with Crippen molar-refractivity contribution in [1.29, 1.82) is 0 Å². The van der Waals surface area contributed by atoms with E-state index >= 15 is 0 Å². The van der Waals surface area contributed by atoms with Crippen molar-refractivity contribution < 1.29 is 167 Å². The number of nitrogens with zero attached hydrogens (tertiary/aromatic N) is 3. The van der Waals surface area contributed by atoms with Crippen LogP contribution in [0.15, 0.2) is 266 Å². The summed E-state index contributed by atoms with van der Waals surface area (Å²) in [6.45, 7) is 70.2. The van der Waals surface area contributed by atoms with Gasteiger partial charge in [-0.1, -0.05) is 138 Å². The van der Waals surface area contributed by atoms with Gasteiger partial charge in [0, 0.05) is 166 Å². The molecule has 147 heavy (non-hydrogen) atoms. The molecule has 0 aromatic carbocycles. The Morgan fingerprint density at radius 2 is 0.395 bits per heavy atom. The highest BCUT2D eigenvalue weighted by Gasteiger charge is 2.42. The molecule has 808 valence electrons. The van der Waals surface area contributed by atoms with Gasteiger partial charge in [-0.25, -0.2) is 47.9 Å². The van der Waals surface area contributed by atoms with E-state index in [9.17, 15) is 101 Å². The monoisotopic (exact) mass is 2060 g/mol. The zero-order valence-corrected chi connectivity index (χ0v) is 83.4. The maximum atomic E-state index is 12.2. The smallest absolute Gasteiger partial charge is 0.330 e. The van der Waals surface area contributed by atoms with E-state index in [-0.39, 0.29) is 131 Å². The van der Waals surface area contributed by atoms with E-state index < -0.39 is 140 Å². The maximum absolute atomic E-state index is 12.2. The van der Waals surface area contributed by atoms with Gasteiger partial charge in [0.25, 0.3) is 0 Å². The number of ether oxygens (including phenoxy) is 14. The second-order valence-corrected chi connectivity index (χ2v) is 29.6. The lowest BCUT2D eigenvalue weighted by molar-refractivity contribution is -0.171. The lowest BCUT2D eigenvalue weighted by atomic mass is 9.90. The predicted molar refractivity (Wildman–Crippen MR) is 541 cm³/mol. The lowest BCUT2D eigenvalue weighted by Crippen LogP contribution is -2.58. The highest BCUT2D eigenvalue weighted by Crippen LogP contribution is 2.27. The SMILES string of the molecule is C=CC(=O)CCCN(CCN(CCNC(=O)C=C)C(=O)C=C)C(=O)C=C.C=CC(=O)NCCCOCC(COCCCNC(=O)C=C)(COCCCNC(=O)C=C)NC(=O)C=C.C=CC(=O)NCCN(CCNC(=O)C=C)C(=O)C=C.C=CC(=O)OCC(COC(=O)C=C)(COC(=O)C=C)COC(=O)C=C.C=CC(=O)OCC(COCC(COC(=O)C=C)(COC(=O)C=C)COC(=O)C=C)(COC(=O)C=C)COC(=O)C=C. The number of carbonyl (C=O) groups is 21. The summed E-state index contributed by atoms with van der Waals surface area (Å²) in [5.74, 6) is -11.1. The van der Waals surface area contributed by atoms with E-state index in [2.05, 4.69) is 175 Å². The average molecular weight is 2070 g/mol. The zero-order chi connectivity index (χ0) is 112. The Balaban J connectivity index is -0.000000585. The molecule has 45 heteroatoms. The molecule has 10 amide bonds. The van der Waals surface area contributed by atoms with E-state index in [4.69, 9.17) is 66.3 Å². The molecule has 0 bridgehead atoms. The van der Waals surface area contributed by atoms with Gasteiger partial charge in [0.05, 0.1) is 43.9 Å². The highest BCUT2D eigenvalue weighted by atomic mass is 16.6. The molecule has 0 rings (SSSR count). The molecule has 0 saturated heterocycles. The number of esters is 10. The van der Waals surface area contributed by atoms with Gasteiger partial charge in [0.15, 0.2) is 5.78 Å². The molecular weight excluding hydrogens is 1930 g/mol. The van der Waals surface area contributed by atoms with Gasteiger partial charge in [-0.3, -0.25) is 52.7 Å². The van der Waals surface area contributed by atoms with Gasteiger partial charge in [-0.05, 0) is 92.5 Å². The summed E-state index contributed by atoms with van der Waals surface area (Å²) >= 11 is 0. The second-order valence-electron chi connectivity index (χ2n) is 29.6. The largest absolute Gasteiger partial charge is 0.462 e. The standard InChI is InChI=1S/C28H34O13.C25H40N4O7.C19H27N3O4.C17H20O8.C13H19N3O3/c1-7-21(29)36-15-27(16-37-22(30)8-2,17-38-23(31)9-3)13-35-14-28(18-39-24(32)10-4,19-40-25(33)11-5)20-41-26(34)12-6;1-5-21(30)26-12-9-15-34-18-25(29-24(33)8-4,19-35-16-10-13-27-22(31)6-2)20-36-17-11-14-28-23(32)7-3;1-5-16(23)10-9-12-21(18(25)7-3)14-15-22(19(26)8-4)13-11-20-17(24)6-2;1-5-13(18)22-9-17(10-23-14(19)6-2,11-24-15(20)7-3)12-25-16(21)8-4;1-4-11(17)14-7-9-16(13(19)6-3)10-8-15-12(18)5-2/h7-12H,1-6,13-20H2;5-8H,1-4,9-20H2,(H,26,30)(H,27,31)(H,28,32)(H,29,33);5-8H,1-4,9-15H2,(H,20,24);5-8H,1-4,9-12H2;4-6H,1-3,7-10H2,(H,14,17)(H,15,18). The average Bonchev–Trinajstić information content (AvgIpc) is 0.823. The van der Waals surface area contributed by atoms with Crippen LogP contribution in [0.4, 0.5) is 0 Å². The quantitative estimate of drug-likeness (QED) is 0.0199. The van der Waals surface area contributed by atoms with Gasteiger partial charge in [0.2, 0.25) is 59.1 Å². The van der Waals surface area contributed by atoms with Crippen molar-refractivity contribution in [1.82, 2.24) is 51.9 Å². The Morgan fingerprint density at radius 3 is 0.592 bits per heavy atom. The van der Waals surface area contributed by atoms with Crippen LogP contribution in [0.1, 0.15) is 32.1 Å². The summed E-state index contributed by atoms with van der Waals surface area (Å²) in [5, 5.41) is 18.6. The van der Waals surface area contributed by atoms with Crippen LogP contribution in [0.25, 0.3) is 0 Å². The molecule has 0 aromatic heterocycles. The van der Waals surface area contributed by atoms with Crippen molar-refractivity contribution in [2.75, 3.05) is 197 Å². The molecular formula is C102H140N10O35. The first kappa shape index (κ1) is 139. The minimum Gasteiger partial charge on any atom is -0.462 e. The summed E-state index contributed by atoms with van der Waals surface area (Å²) in [6, 6.07) is 0. The number of amides is 10. The highest BCUT2D eigenvalue weighted by molar-refractivity contribution is 5.93. The summed E-state index contributed by atoms with van der Waals surface area (Å²) in [7, 11) is 0. The van der Waals surface area contributed by atoms with Crippen molar-refractivity contribution in [3.63, 3.8) is 0 Å².